The number of rotatable bonds is 20. The Kier molecular flexibility index (Phi) is 16.9. The van der Waals surface area contributed by atoms with Crippen molar-refractivity contribution >= 4 is 53.3 Å². The number of carbonyl (C=O) groups excluding carboxylic acids is 6. The zero-order chi connectivity index (χ0) is 33.3. The van der Waals surface area contributed by atoms with E-state index in [2.05, 4.69) is 26.3 Å². The lowest BCUT2D eigenvalue weighted by atomic mass is 10.1. The van der Waals surface area contributed by atoms with Gasteiger partial charge in [0, 0.05) is 13.0 Å². The molecule has 15 N–H and O–H groups in total. The molecular formula is C23H40N10O10. The Labute approximate surface area is 246 Å². The topological polar surface area (TPSA) is 354 Å². The Bertz CT molecular complexity index is 1080. The van der Waals surface area contributed by atoms with Crippen LogP contribution in [-0.4, -0.2) is 107 Å². The number of primary amides is 1. The molecule has 20 heteroatoms. The minimum Gasteiger partial charge on any atom is -0.481 e. The number of aliphatic imine (C=N–C) groups is 1. The Balaban J connectivity index is 5.24. The number of amides is 6. The van der Waals surface area contributed by atoms with Crippen LogP contribution in [0.15, 0.2) is 4.99 Å². The molecule has 0 rings (SSSR count). The summed E-state index contributed by atoms with van der Waals surface area (Å²) in [7, 11) is 0. The van der Waals surface area contributed by atoms with E-state index in [9.17, 15) is 43.5 Å². The Morgan fingerprint density at radius 3 is 1.81 bits per heavy atom. The fraction of sp³-hybridized carbons (Fsp3) is 0.609. The normalized spacial score (nSPS) is 13.9. The second-order valence-corrected chi connectivity index (χ2v) is 9.37. The SMILES string of the molecule is C[C@H](N)C(=O)N[C@@H](CCCN=C(N)N)C(=O)NCC(=O)N[C@@H](C)C(=O)N[C@@H](CCC(=O)O)C(=O)N[C@@H](CC(N)=O)C(=O)O. The van der Waals surface area contributed by atoms with Gasteiger partial charge in [-0.05, 0) is 33.1 Å². The molecule has 0 aliphatic carbocycles. The summed E-state index contributed by atoms with van der Waals surface area (Å²) < 4.78 is 0. The third kappa shape index (κ3) is 16.8. The van der Waals surface area contributed by atoms with Crippen LogP contribution >= 0.6 is 0 Å². The van der Waals surface area contributed by atoms with E-state index in [0.29, 0.717) is 6.42 Å². The van der Waals surface area contributed by atoms with Crippen LogP contribution in [0.1, 0.15) is 46.0 Å². The molecule has 0 bridgehead atoms. The molecule has 0 fully saturated rings. The van der Waals surface area contributed by atoms with Crippen molar-refractivity contribution in [3.63, 3.8) is 0 Å². The van der Waals surface area contributed by atoms with E-state index >= 15 is 0 Å². The van der Waals surface area contributed by atoms with E-state index in [4.69, 9.17) is 28.0 Å². The first kappa shape index (κ1) is 38.0. The van der Waals surface area contributed by atoms with Gasteiger partial charge in [-0.15, -0.1) is 0 Å². The molecule has 242 valence electrons. The summed E-state index contributed by atoms with van der Waals surface area (Å²) >= 11 is 0. The highest BCUT2D eigenvalue weighted by Crippen LogP contribution is 2.03. The van der Waals surface area contributed by atoms with Crippen molar-refractivity contribution in [3.05, 3.63) is 0 Å². The van der Waals surface area contributed by atoms with Gasteiger partial charge in [-0.1, -0.05) is 0 Å². The standard InChI is InChI=1S/C23H40N10O10/c1-10(24)18(38)31-12(4-3-7-28-23(26)27)20(40)29-9-16(35)30-11(2)19(39)32-13(5-6-17(36)37)21(41)33-14(22(42)43)8-15(25)34/h10-14H,3-9,24H2,1-2H3,(H2,25,34)(H,29,40)(H,30,35)(H,31,38)(H,32,39)(H,33,41)(H,36,37)(H,42,43)(H4,26,27,28)/t10-,11-,12-,13-,14-/m0/s1. The van der Waals surface area contributed by atoms with Crippen LogP contribution in [0.2, 0.25) is 0 Å². The van der Waals surface area contributed by atoms with Crippen molar-refractivity contribution in [3.8, 4) is 0 Å². The smallest absolute Gasteiger partial charge is 0.326 e. The van der Waals surface area contributed by atoms with Gasteiger partial charge < -0.3 is 59.7 Å². The minimum absolute atomic E-state index is 0.101. The van der Waals surface area contributed by atoms with Crippen LogP contribution in [0.5, 0.6) is 0 Å². The molecule has 20 nitrogen and oxygen atoms in total. The predicted octanol–water partition coefficient (Wildman–Crippen LogP) is -5.71. The first-order chi connectivity index (χ1) is 19.9. The summed E-state index contributed by atoms with van der Waals surface area (Å²) in [6.07, 6.45) is -1.41. The molecule has 0 aromatic carbocycles. The molecule has 6 amide bonds. The van der Waals surface area contributed by atoms with Gasteiger partial charge in [-0.3, -0.25) is 38.6 Å². The number of guanidine groups is 1. The molecule has 0 radical (unpaired) electrons. The average molecular weight is 617 g/mol. The molecule has 0 aromatic rings. The van der Waals surface area contributed by atoms with Crippen LogP contribution < -0.4 is 49.5 Å². The molecule has 0 aliphatic heterocycles. The first-order valence-electron chi connectivity index (χ1n) is 13.0. The zero-order valence-electron chi connectivity index (χ0n) is 23.8. The number of carbonyl (C=O) groups is 8. The largest absolute Gasteiger partial charge is 0.481 e. The molecular weight excluding hydrogens is 576 g/mol. The number of carboxylic acids is 2. The summed E-state index contributed by atoms with van der Waals surface area (Å²) in [4.78, 5) is 99.4. The molecule has 0 aromatic heterocycles. The van der Waals surface area contributed by atoms with Crippen molar-refractivity contribution in [1.29, 1.82) is 0 Å². The number of nitrogens with zero attached hydrogens (tertiary/aromatic N) is 1. The summed E-state index contributed by atoms with van der Waals surface area (Å²) in [5.74, 6) is -8.35. The molecule has 0 spiro atoms. The maximum atomic E-state index is 12.6. The van der Waals surface area contributed by atoms with Crippen LogP contribution in [0.4, 0.5) is 0 Å². The van der Waals surface area contributed by atoms with Crippen LogP contribution in [-0.2, 0) is 38.4 Å². The maximum Gasteiger partial charge on any atom is 0.326 e. The summed E-state index contributed by atoms with van der Waals surface area (Å²) in [6, 6.07) is -6.60. The third-order valence-electron chi connectivity index (χ3n) is 5.49. The number of hydrogen-bond acceptors (Lipinski definition) is 10. The highest BCUT2D eigenvalue weighted by atomic mass is 16.4. The van der Waals surface area contributed by atoms with Crippen molar-refractivity contribution in [2.24, 2.45) is 27.9 Å². The number of hydrogen-bond donors (Lipinski definition) is 11. The van der Waals surface area contributed by atoms with Crippen molar-refractivity contribution in [2.45, 2.75) is 76.2 Å². The number of aliphatic carboxylic acids is 2. The van der Waals surface area contributed by atoms with Gasteiger partial charge in [0.2, 0.25) is 35.4 Å². The van der Waals surface area contributed by atoms with E-state index in [1.165, 1.54) is 13.8 Å². The predicted molar refractivity (Wildman–Crippen MR) is 148 cm³/mol. The second-order valence-electron chi connectivity index (χ2n) is 9.37. The molecule has 0 saturated carbocycles. The molecule has 5 atom stereocenters. The van der Waals surface area contributed by atoms with Gasteiger partial charge in [0.25, 0.3) is 0 Å². The first-order valence-corrected chi connectivity index (χ1v) is 13.0. The number of nitrogens with two attached hydrogens (primary N) is 4. The van der Waals surface area contributed by atoms with Crippen LogP contribution in [0.3, 0.4) is 0 Å². The molecule has 0 heterocycles. The average Bonchev–Trinajstić information content (AvgIpc) is 2.89. The summed E-state index contributed by atoms with van der Waals surface area (Å²) in [6.45, 7) is 2.18. The van der Waals surface area contributed by atoms with E-state index in [1.807, 2.05) is 5.32 Å². The molecule has 43 heavy (non-hydrogen) atoms. The van der Waals surface area contributed by atoms with Gasteiger partial charge in [0.15, 0.2) is 5.96 Å². The van der Waals surface area contributed by atoms with Gasteiger partial charge >= 0.3 is 11.9 Å². The summed E-state index contributed by atoms with van der Waals surface area (Å²) in [5.41, 5.74) is 21.0. The van der Waals surface area contributed by atoms with E-state index in [0.717, 1.165) is 0 Å². The van der Waals surface area contributed by atoms with Crippen molar-refractivity contribution in [1.82, 2.24) is 26.6 Å². The fourth-order valence-corrected chi connectivity index (χ4v) is 3.23. The highest BCUT2D eigenvalue weighted by molar-refractivity contribution is 5.95. The number of carboxylic acid groups (broad SMARTS) is 2. The van der Waals surface area contributed by atoms with Crippen molar-refractivity contribution in [2.75, 3.05) is 13.1 Å². The Hall–Kier alpha value is -5.01. The van der Waals surface area contributed by atoms with Crippen molar-refractivity contribution < 1.29 is 48.6 Å². The minimum atomic E-state index is -1.73. The van der Waals surface area contributed by atoms with Gasteiger partial charge in [0.1, 0.15) is 24.2 Å². The lowest BCUT2D eigenvalue weighted by Gasteiger charge is -2.23. The summed E-state index contributed by atoms with van der Waals surface area (Å²) in [5, 5.41) is 29.4. The Morgan fingerprint density at radius 1 is 0.744 bits per heavy atom. The monoisotopic (exact) mass is 616 g/mol. The Morgan fingerprint density at radius 2 is 1.30 bits per heavy atom. The zero-order valence-corrected chi connectivity index (χ0v) is 23.8. The van der Waals surface area contributed by atoms with Gasteiger partial charge in [-0.25, -0.2) is 4.79 Å². The lowest BCUT2D eigenvalue weighted by Crippen LogP contribution is -2.56. The van der Waals surface area contributed by atoms with E-state index < -0.39 is 103 Å². The third-order valence-corrected chi connectivity index (χ3v) is 5.49. The molecule has 0 unspecified atom stereocenters. The quantitative estimate of drug-likeness (QED) is 0.0345. The van der Waals surface area contributed by atoms with Crippen LogP contribution in [0, 0.1) is 0 Å². The number of nitrogens with one attached hydrogen (secondary N) is 5. The fourth-order valence-electron chi connectivity index (χ4n) is 3.23. The lowest BCUT2D eigenvalue weighted by molar-refractivity contribution is -0.144. The van der Waals surface area contributed by atoms with E-state index in [-0.39, 0.29) is 18.9 Å². The maximum absolute atomic E-state index is 12.6. The van der Waals surface area contributed by atoms with E-state index in [1.54, 1.807) is 0 Å². The van der Waals surface area contributed by atoms with Crippen LogP contribution in [0.25, 0.3) is 0 Å². The highest BCUT2D eigenvalue weighted by Gasteiger charge is 2.30. The second kappa shape index (κ2) is 19.2. The van der Waals surface area contributed by atoms with Gasteiger partial charge in [0.05, 0.1) is 19.0 Å². The molecule has 0 saturated heterocycles. The molecule has 0 aliphatic rings. The van der Waals surface area contributed by atoms with Gasteiger partial charge in [-0.2, -0.15) is 0 Å².